The van der Waals surface area contributed by atoms with Gasteiger partial charge in [0.25, 0.3) is 5.91 Å². The van der Waals surface area contributed by atoms with Gasteiger partial charge in [0.15, 0.2) is 0 Å². The highest BCUT2D eigenvalue weighted by Gasteiger charge is 2.23. The molecular formula is C19H19N5O. The maximum absolute atomic E-state index is 13.0. The molecule has 1 amide bonds. The third-order valence-electron chi connectivity index (χ3n) is 4.39. The topological polar surface area (TPSA) is 63.1 Å². The smallest absolute Gasteiger partial charge is 0.256 e. The Bertz CT molecular complexity index is 874. The molecule has 126 valence electrons. The van der Waals surface area contributed by atoms with E-state index in [0.717, 1.165) is 23.6 Å². The van der Waals surface area contributed by atoms with Crippen molar-refractivity contribution >= 4 is 11.6 Å². The van der Waals surface area contributed by atoms with Crippen LogP contribution in [0.25, 0.3) is 0 Å². The van der Waals surface area contributed by atoms with Crippen LogP contribution in [0.1, 0.15) is 21.7 Å². The van der Waals surface area contributed by atoms with E-state index in [4.69, 9.17) is 0 Å². The highest BCUT2D eigenvalue weighted by Crippen LogP contribution is 2.21. The van der Waals surface area contributed by atoms with E-state index in [9.17, 15) is 4.79 Å². The van der Waals surface area contributed by atoms with Crippen LogP contribution in [-0.4, -0.2) is 31.9 Å². The SMILES string of the molecule is O=C(c1ccccc1NCc1ccccn1)N1CCn2cncc2C1. The Morgan fingerprint density at radius 2 is 2.00 bits per heavy atom. The average molecular weight is 333 g/mol. The first-order chi connectivity index (χ1) is 12.3. The Hall–Kier alpha value is -3.15. The van der Waals surface area contributed by atoms with Crippen LogP contribution < -0.4 is 5.32 Å². The van der Waals surface area contributed by atoms with Gasteiger partial charge >= 0.3 is 0 Å². The summed E-state index contributed by atoms with van der Waals surface area (Å²) in [5.74, 6) is 0.0385. The molecule has 0 saturated heterocycles. The molecule has 1 aliphatic heterocycles. The van der Waals surface area contributed by atoms with E-state index in [1.54, 1.807) is 6.20 Å². The fraction of sp³-hybridized carbons (Fsp3) is 0.211. The number of hydrogen-bond donors (Lipinski definition) is 1. The van der Waals surface area contributed by atoms with Gasteiger partial charge in [0.2, 0.25) is 0 Å². The molecule has 0 saturated carbocycles. The number of amides is 1. The van der Waals surface area contributed by atoms with Gasteiger partial charge < -0.3 is 14.8 Å². The number of para-hydroxylation sites is 1. The second kappa shape index (κ2) is 6.76. The molecule has 0 spiro atoms. The quantitative estimate of drug-likeness (QED) is 0.797. The second-order valence-electron chi connectivity index (χ2n) is 6.03. The maximum Gasteiger partial charge on any atom is 0.256 e. The molecule has 0 bridgehead atoms. The third kappa shape index (κ3) is 3.24. The van der Waals surface area contributed by atoms with Crippen LogP contribution in [0.5, 0.6) is 0 Å². The number of hydrogen-bond acceptors (Lipinski definition) is 4. The van der Waals surface area contributed by atoms with Gasteiger partial charge in [-0.2, -0.15) is 0 Å². The Morgan fingerprint density at radius 3 is 2.88 bits per heavy atom. The number of nitrogens with one attached hydrogen (secondary N) is 1. The lowest BCUT2D eigenvalue weighted by Crippen LogP contribution is -2.38. The number of aromatic nitrogens is 3. The van der Waals surface area contributed by atoms with Crippen molar-refractivity contribution in [3.8, 4) is 0 Å². The Balaban J connectivity index is 1.51. The number of carbonyl (C=O) groups is 1. The van der Waals surface area contributed by atoms with Crippen LogP contribution >= 0.6 is 0 Å². The number of pyridine rings is 1. The van der Waals surface area contributed by atoms with Crippen LogP contribution in [-0.2, 0) is 19.6 Å². The minimum Gasteiger partial charge on any atom is -0.379 e. The zero-order chi connectivity index (χ0) is 17.1. The van der Waals surface area contributed by atoms with Crippen molar-refractivity contribution in [1.29, 1.82) is 0 Å². The third-order valence-corrected chi connectivity index (χ3v) is 4.39. The molecule has 0 unspecified atom stereocenters. The number of nitrogens with zero attached hydrogens (tertiary/aromatic N) is 4. The number of anilines is 1. The molecule has 6 heteroatoms. The molecule has 0 aliphatic carbocycles. The molecule has 25 heavy (non-hydrogen) atoms. The van der Waals surface area contributed by atoms with E-state index in [2.05, 4.69) is 19.9 Å². The Kier molecular flexibility index (Phi) is 4.16. The molecule has 1 N–H and O–H groups in total. The van der Waals surface area contributed by atoms with Gasteiger partial charge in [0.05, 0.1) is 36.4 Å². The summed E-state index contributed by atoms with van der Waals surface area (Å²) in [5.41, 5.74) is 3.52. The summed E-state index contributed by atoms with van der Waals surface area (Å²) in [4.78, 5) is 23.3. The largest absolute Gasteiger partial charge is 0.379 e. The summed E-state index contributed by atoms with van der Waals surface area (Å²) >= 11 is 0. The van der Waals surface area contributed by atoms with Crippen molar-refractivity contribution in [3.05, 3.63) is 78.1 Å². The molecule has 2 aromatic heterocycles. The van der Waals surface area contributed by atoms with Crippen molar-refractivity contribution in [3.63, 3.8) is 0 Å². The lowest BCUT2D eigenvalue weighted by Gasteiger charge is -2.28. The van der Waals surface area contributed by atoms with E-state index in [0.29, 0.717) is 25.2 Å². The molecular weight excluding hydrogens is 314 g/mol. The predicted octanol–water partition coefficient (Wildman–Crippen LogP) is 2.55. The maximum atomic E-state index is 13.0. The lowest BCUT2D eigenvalue weighted by atomic mass is 10.1. The molecule has 1 aromatic carbocycles. The van der Waals surface area contributed by atoms with E-state index in [-0.39, 0.29) is 5.91 Å². The van der Waals surface area contributed by atoms with Crippen molar-refractivity contribution in [2.75, 3.05) is 11.9 Å². The van der Waals surface area contributed by atoms with Gasteiger partial charge in [-0.25, -0.2) is 4.98 Å². The molecule has 0 atom stereocenters. The van der Waals surface area contributed by atoms with E-state index in [1.165, 1.54) is 0 Å². The summed E-state index contributed by atoms with van der Waals surface area (Å²) in [5, 5.41) is 3.34. The molecule has 6 nitrogen and oxygen atoms in total. The molecule has 1 aliphatic rings. The van der Waals surface area contributed by atoms with Gasteiger partial charge in [0.1, 0.15) is 0 Å². The number of rotatable bonds is 4. The monoisotopic (exact) mass is 333 g/mol. The van der Waals surface area contributed by atoms with E-state index in [1.807, 2.05) is 59.9 Å². The van der Waals surface area contributed by atoms with Gasteiger partial charge in [-0.1, -0.05) is 18.2 Å². The van der Waals surface area contributed by atoms with E-state index >= 15 is 0 Å². The number of fused-ring (bicyclic) bond motifs is 1. The van der Waals surface area contributed by atoms with Gasteiger partial charge in [-0.3, -0.25) is 9.78 Å². The van der Waals surface area contributed by atoms with Gasteiger partial charge in [-0.05, 0) is 24.3 Å². The van der Waals surface area contributed by atoms with Crippen LogP contribution in [0.15, 0.2) is 61.2 Å². The molecule has 0 fully saturated rings. The van der Waals surface area contributed by atoms with Crippen LogP contribution in [0.4, 0.5) is 5.69 Å². The van der Waals surface area contributed by atoms with Gasteiger partial charge in [-0.15, -0.1) is 0 Å². The number of imidazole rings is 1. The first kappa shape index (κ1) is 15.4. The van der Waals surface area contributed by atoms with Crippen molar-refractivity contribution in [2.45, 2.75) is 19.6 Å². The summed E-state index contributed by atoms with van der Waals surface area (Å²) in [7, 11) is 0. The van der Waals surface area contributed by atoms with Crippen LogP contribution in [0.3, 0.4) is 0 Å². The fourth-order valence-corrected chi connectivity index (χ4v) is 3.04. The Morgan fingerprint density at radius 1 is 1.12 bits per heavy atom. The normalized spacial score (nSPS) is 13.4. The molecule has 4 rings (SSSR count). The summed E-state index contributed by atoms with van der Waals surface area (Å²) in [6.45, 7) is 2.65. The molecule has 3 heterocycles. The Labute approximate surface area is 146 Å². The van der Waals surface area contributed by atoms with Crippen molar-refractivity contribution in [2.24, 2.45) is 0 Å². The zero-order valence-electron chi connectivity index (χ0n) is 13.8. The summed E-state index contributed by atoms with van der Waals surface area (Å²) < 4.78 is 2.09. The predicted molar refractivity (Wildman–Crippen MR) is 95.0 cm³/mol. The van der Waals surface area contributed by atoms with Gasteiger partial charge in [0, 0.05) is 31.2 Å². The van der Waals surface area contributed by atoms with Crippen molar-refractivity contribution < 1.29 is 4.79 Å². The molecule has 0 radical (unpaired) electrons. The van der Waals surface area contributed by atoms with Crippen molar-refractivity contribution in [1.82, 2.24) is 19.4 Å². The van der Waals surface area contributed by atoms with Crippen LogP contribution in [0.2, 0.25) is 0 Å². The highest BCUT2D eigenvalue weighted by atomic mass is 16.2. The first-order valence-corrected chi connectivity index (χ1v) is 8.32. The minimum absolute atomic E-state index is 0.0385. The molecule has 3 aromatic rings. The number of benzene rings is 1. The average Bonchev–Trinajstić information content (AvgIpc) is 3.14. The minimum atomic E-state index is 0.0385. The standard InChI is InChI=1S/C19H19N5O/c25-19(23-9-10-24-14-20-12-16(24)13-23)17-6-1-2-7-18(17)22-11-15-5-3-4-8-21-15/h1-8,12,14,22H,9-11,13H2. The summed E-state index contributed by atoms with van der Waals surface area (Å²) in [6, 6.07) is 13.4. The lowest BCUT2D eigenvalue weighted by molar-refractivity contribution is 0.0712. The summed E-state index contributed by atoms with van der Waals surface area (Å²) in [6.07, 6.45) is 5.41. The fourth-order valence-electron chi connectivity index (χ4n) is 3.04. The second-order valence-corrected chi connectivity index (χ2v) is 6.03. The zero-order valence-corrected chi connectivity index (χ0v) is 13.8. The van der Waals surface area contributed by atoms with E-state index < -0.39 is 0 Å². The highest BCUT2D eigenvalue weighted by molar-refractivity contribution is 5.99. The van der Waals surface area contributed by atoms with Crippen LogP contribution in [0, 0.1) is 0 Å². The first-order valence-electron chi connectivity index (χ1n) is 8.32. The number of carbonyl (C=O) groups excluding carboxylic acids is 1.